The van der Waals surface area contributed by atoms with Gasteiger partial charge < -0.3 is 5.32 Å². The maximum Gasteiger partial charge on any atom is 0.243 e. The zero-order chi connectivity index (χ0) is 20.4. The van der Waals surface area contributed by atoms with Crippen molar-refractivity contribution in [2.75, 3.05) is 29.9 Å². The van der Waals surface area contributed by atoms with Crippen LogP contribution in [0, 0.1) is 0 Å². The molecule has 0 saturated heterocycles. The lowest BCUT2D eigenvalue weighted by Gasteiger charge is -2.18. The zero-order valence-electron chi connectivity index (χ0n) is 16.2. The van der Waals surface area contributed by atoms with Gasteiger partial charge in [-0.25, -0.2) is 8.42 Å². The molecule has 0 fully saturated rings. The maximum absolute atomic E-state index is 12.5. The van der Waals surface area contributed by atoms with E-state index in [1.54, 1.807) is 12.1 Å². The summed E-state index contributed by atoms with van der Waals surface area (Å²) < 4.78 is 26.3. The van der Waals surface area contributed by atoms with Gasteiger partial charge in [0.2, 0.25) is 15.9 Å². The largest absolute Gasteiger partial charge is 0.325 e. The van der Waals surface area contributed by atoms with E-state index in [0.717, 1.165) is 11.3 Å². The molecule has 0 saturated carbocycles. The van der Waals surface area contributed by atoms with Crippen molar-refractivity contribution in [2.24, 2.45) is 0 Å². The Hall–Kier alpha value is -2.09. The maximum atomic E-state index is 12.5. The third kappa shape index (κ3) is 6.51. The molecule has 0 bridgehead atoms. The van der Waals surface area contributed by atoms with Gasteiger partial charge in [0.1, 0.15) is 0 Å². The number of sulfonamides is 1. The van der Waals surface area contributed by atoms with Gasteiger partial charge in [-0.2, -0.15) is 4.31 Å². The first-order valence-corrected chi connectivity index (χ1v) is 11.8. The van der Waals surface area contributed by atoms with Crippen LogP contribution in [0.5, 0.6) is 0 Å². The number of rotatable bonds is 10. The van der Waals surface area contributed by atoms with Gasteiger partial charge in [0, 0.05) is 24.5 Å². The average Bonchev–Trinajstić information content (AvgIpc) is 2.69. The lowest BCUT2D eigenvalue weighted by atomic mass is 10.2. The molecule has 0 unspecified atom stereocenters. The first kappa shape index (κ1) is 22.2. The molecule has 0 aliphatic rings. The van der Waals surface area contributed by atoms with Gasteiger partial charge in [-0.1, -0.05) is 56.3 Å². The van der Waals surface area contributed by atoms with Crippen molar-refractivity contribution < 1.29 is 13.2 Å². The highest BCUT2D eigenvalue weighted by Gasteiger charge is 2.21. The van der Waals surface area contributed by atoms with Gasteiger partial charge >= 0.3 is 0 Å². The molecule has 0 aliphatic carbocycles. The van der Waals surface area contributed by atoms with Gasteiger partial charge in [-0.05, 0) is 29.8 Å². The molecule has 0 aromatic heterocycles. The molecule has 1 amide bonds. The Kier molecular flexibility index (Phi) is 8.76. The van der Waals surface area contributed by atoms with Crippen molar-refractivity contribution in [2.45, 2.75) is 18.7 Å². The third-order valence-corrected chi connectivity index (χ3v) is 7.00. The fourth-order valence-corrected chi connectivity index (χ4v) is 4.65. The number of carbonyl (C=O) groups excluding carboxylic acids is 1. The van der Waals surface area contributed by atoms with E-state index in [9.17, 15) is 13.2 Å². The molecule has 5 nitrogen and oxygen atoms in total. The molecule has 7 heteroatoms. The summed E-state index contributed by atoms with van der Waals surface area (Å²) >= 11 is 1.52. The van der Waals surface area contributed by atoms with E-state index in [-0.39, 0.29) is 10.8 Å². The lowest BCUT2D eigenvalue weighted by Crippen LogP contribution is -2.30. The molecule has 28 heavy (non-hydrogen) atoms. The van der Waals surface area contributed by atoms with Crippen LogP contribution in [-0.2, 0) is 14.8 Å². The molecule has 2 aromatic rings. The zero-order valence-corrected chi connectivity index (χ0v) is 17.8. The van der Waals surface area contributed by atoms with Crippen LogP contribution >= 0.6 is 11.8 Å². The minimum Gasteiger partial charge on any atom is -0.325 e. The van der Waals surface area contributed by atoms with Gasteiger partial charge in [0.25, 0.3) is 0 Å². The highest BCUT2D eigenvalue weighted by atomic mass is 32.2. The van der Waals surface area contributed by atoms with Crippen molar-refractivity contribution in [1.82, 2.24) is 4.31 Å². The molecule has 0 aliphatic heterocycles. The smallest absolute Gasteiger partial charge is 0.243 e. The Morgan fingerprint density at radius 2 is 1.68 bits per heavy atom. The van der Waals surface area contributed by atoms with Crippen LogP contribution in [0.1, 0.15) is 19.4 Å². The topological polar surface area (TPSA) is 66.5 Å². The van der Waals surface area contributed by atoms with Crippen LogP contribution in [0.4, 0.5) is 5.69 Å². The van der Waals surface area contributed by atoms with Gasteiger partial charge in [0.15, 0.2) is 0 Å². The Labute approximate surface area is 171 Å². The summed E-state index contributed by atoms with van der Waals surface area (Å²) in [5.41, 5.74) is 1.72. The normalized spacial score (nSPS) is 11.8. The van der Waals surface area contributed by atoms with Crippen LogP contribution in [0.15, 0.2) is 65.6 Å². The summed E-state index contributed by atoms with van der Waals surface area (Å²) in [5.74, 6) is 0.958. The highest BCUT2D eigenvalue weighted by molar-refractivity contribution is 8.00. The number of anilines is 1. The number of thioether (sulfide) groups is 1. The van der Waals surface area contributed by atoms with Crippen molar-refractivity contribution in [1.29, 1.82) is 0 Å². The molecular weight excluding hydrogens is 392 g/mol. The van der Waals surface area contributed by atoms with Gasteiger partial charge in [0.05, 0.1) is 10.6 Å². The second-order valence-electron chi connectivity index (χ2n) is 5.99. The summed E-state index contributed by atoms with van der Waals surface area (Å²) in [6.45, 7) is 4.46. The molecule has 2 aromatic carbocycles. The fourth-order valence-electron chi connectivity index (χ4n) is 2.59. The number of hydrogen-bond acceptors (Lipinski definition) is 4. The van der Waals surface area contributed by atoms with Crippen LogP contribution in [0.25, 0.3) is 6.08 Å². The molecule has 1 N–H and O–H groups in total. The average molecular weight is 419 g/mol. The Morgan fingerprint density at radius 3 is 2.29 bits per heavy atom. The molecule has 0 heterocycles. The van der Waals surface area contributed by atoms with Crippen molar-refractivity contribution in [3.05, 3.63) is 66.2 Å². The lowest BCUT2D eigenvalue weighted by molar-refractivity contribution is -0.113. The summed E-state index contributed by atoms with van der Waals surface area (Å²) in [4.78, 5) is 12.3. The summed E-state index contributed by atoms with van der Waals surface area (Å²) in [5, 5.41) is 2.79. The summed E-state index contributed by atoms with van der Waals surface area (Å²) in [7, 11) is -3.48. The first-order chi connectivity index (χ1) is 13.5. The molecule has 2 rings (SSSR count). The number of nitrogens with one attached hydrogen (secondary N) is 1. The molecule has 0 radical (unpaired) electrons. The van der Waals surface area contributed by atoms with Gasteiger partial charge in [-0.3, -0.25) is 4.79 Å². The second-order valence-corrected chi connectivity index (χ2v) is 8.96. The summed E-state index contributed by atoms with van der Waals surface area (Å²) in [6, 6.07) is 16.3. The number of carbonyl (C=O) groups is 1. The quantitative estimate of drug-likeness (QED) is 0.590. The van der Waals surface area contributed by atoms with Crippen LogP contribution in [-0.4, -0.2) is 43.2 Å². The first-order valence-electron chi connectivity index (χ1n) is 9.16. The van der Waals surface area contributed by atoms with Crippen LogP contribution < -0.4 is 5.32 Å². The molecule has 0 spiro atoms. The van der Waals surface area contributed by atoms with E-state index in [1.165, 1.54) is 28.2 Å². The van der Waals surface area contributed by atoms with E-state index in [4.69, 9.17) is 0 Å². The van der Waals surface area contributed by atoms with Crippen LogP contribution in [0.3, 0.4) is 0 Å². The number of hydrogen-bond donors (Lipinski definition) is 1. The highest BCUT2D eigenvalue weighted by Crippen LogP contribution is 2.18. The SMILES string of the molecule is CCN(CC)S(=O)(=O)c1ccc(NC(=O)CSC/C=C/c2ccccc2)cc1. The van der Waals surface area contributed by atoms with Crippen molar-refractivity contribution in [3.8, 4) is 0 Å². The molecule has 150 valence electrons. The van der Waals surface area contributed by atoms with E-state index in [1.807, 2.05) is 56.3 Å². The Bertz CT molecular complexity index is 876. The van der Waals surface area contributed by atoms with Crippen molar-refractivity contribution in [3.63, 3.8) is 0 Å². The number of amides is 1. The Morgan fingerprint density at radius 1 is 1.04 bits per heavy atom. The van der Waals surface area contributed by atoms with E-state index < -0.39 is 10.0 Å². The number of benzene rings is 2. The minimum atomic E-state index is -3.48. The second kappa shape index (κ2) is 11.0. The third-order valence-electron chi connectivity index (χ3n) is 4.04. The fraction of sp³-hybridized carbons (Fsp3) is 0.286. The van der Waals surface area contributed by atoms with E-state index in [2.05, 4.69) is 5.32 Å². The van der Waals surface area contributed by atoms with Crippen molar-refractivity contribution >= 4 is 39.5 Å². The standard InChI is InChI=1S/C21H26N2O3S2/c1-3-23(4-2)28(25,26)20-14-12-19(13-15-20)22-21(24)17-27-16-8-11-18-9-6-5-7-10-18/h5-15H,3-4,16-17H2,1-2H3,(H,22,24)/b11-8+. The van der Waals surface area contributed by atoms with Crippen LogP contribution in [0.2, 0.25) is 0 Å². The summed E-state index contributed by atoms with van der Waals surface area (Å²) in [6.07, 6.45) is 4.06. The monoisotopic (exact) mass is 418 g/mol. The molecular formula is C21H26N2O3S2. The minimum absolute atomic E-state index is 0.113. The van der Waals surface area contributed by atoms with E-state index in [0.29, 0.717) is 24.5 Å². The predicted molar refractivity (Wildman–Crippen MR) is 118 cm³/mol. The van der Waals surface area contributed by atoms with Gasteiger partial charge in [-0.15, -0.1) is 11.8 Å². The van der Waals surface area contributed by atoms with E-state index >= 15 is 0 Å². The Balaban J connectivity index is 1.82. The predicted octanol–water partition coefficient (Wildman–Crippen LogP) is 4.10. The molecule has 0 atom stereocenters. The number of nitrogens with zero attached hydrogens (tertiary/aromatic N) is 1.